The highest BCUT2D eigenvalue weighted by Gasteiger charge is 2.21. The minimum Gasteiger partial charge on any atom is -0.261 e. The van der Waals surface area contributed by atoms with Crippen LogP contribution in [-0.2, 0) is 0 Å². The highest BCUT2D eigenvalue weighted by Crippen LogP contribution is 2.34. The van der Waals surface area contributed by atoms with Crippen LogP contribution in [0, 0.1) is 5.92 Å². The molecular weight excluding hydrogens is 170 g/mol. The maximum Gasteiger partial charge on any atom is 0.0434 e. The number of hydrogen-bond acceptors (Lipinski definition) is 1. The Labute approximate surface area is 86.6 Å². The summed E-state index contributed by atoms with van der Waals surface area (Å²) in [6.07, 6.45) is 8.99. The van der Waals surface area contributed by atoms with Gasteiger partial charge >= 0.3 is 0 Å². The van der Waals surface area contributed by atoms with Crippen molar-refractivity contribution >= 4 is 0 Å². The van der Waals surface area contributed by atoms with E-state index in [1.807, 2.05) is 12.3 Å². The standard InChI is InChI=1S/C13H19N/c1-11(12-7-3-2-4-8-12)13-9-5-6-10-14-13/h5-6,9-12H,2-4,7-8H2,1H3. The van der Waals surface area contributed by atoms with E-state index in [1.54, 1.807) is 0 Å². The zero-order valence-electron chi connectivity index (χ0n) is 8.95. The Morgan fingerprint density at radius 2 is 2.00 bits per heavy atom. The molecule has 1 nitrogen and oxygen atoms in total. The molecule has 1 aromatic heterocycles. The normalized spacial score (nSPS) is 20.6. The van der Waals surface area contributed by atoms with Crippen LogP contribution in [0.5, 0.6) is 0 Å². The van der Waals surface area contributed by atoms with Gasteiger partial charge in [0.25, 0.3) is 0 Å². The molecule has 1 saturated carbocycles. The van der Waals surface area contributed by atoms with Gasteiger partial charge in [0, 0.05) is 17.8 Å². The van der Waals surface area contributed by atoms with Gasteiger partial charge in [-0.25, -0.2) is 0 Å². The van der Waals surface area contributed by atoms with Gasteiger partial charge < -0.3 is 0 Å². The van der Waals surface area contributed by atoms with Crippen LogP contribution in [0.2, 0.25) is 0 Å². The molecule has 1 heteroatoms. The minimum absolute atomic E-state index is 0.650. The van der Waals surface area contributed by atoms with Crippen LogP contribution in [0.1, 0.15) is 50.6 Å². The summed E-state index contributed by atoms with van der Waals surface area (Å²) in [7, 11) is 0. The monoisotopic (exact) mass is 189 g/mol. The van der Waals surface area contributed by atoms with E-state index in [0.717, 1.165) is 5.92 Å². The highest BCUT2D eigenvalue weighted by atomic mass is 14.7. The average Bonchev–Trinajstić information content (AvgIpc) is 2.30. The first-order chi connectivity index (χ1) is 6.88. The molecule has 0 bridgehead atoms. The maximum atomic E-state index is 4.45. The molecule has 1 fully saturated rings. The summed E-state index contributed by atoms with van der Waals surface area (Å²) in [6.45, 7) is 2.33. The molecule has 0 aliphatic heterocycles. The Balaban J connectivity index is 2.03. The third kappa shape index (κ3) is 2.14. The lowest BCUT2D eigenvalue weighted by Gasteiger charge is -2.27. The SMILES string of the molecule is CC(c1ccccn1)C1CCCCC1. The van der Waals surface area contributed by atoms with Crippen LogP contribution in [0.4, 0.5) is 0 Å². The van der Waals surface area contributed by atoms with Gasteiger partial charge in [0.2, 0.25) is 0 Å². The van der Waals surface area contributed by atoms with Crippen molar-refractivity contribution < 1.29 is 0 Å². The molecule has 0 radical (unpaired) electrons. The van der Waals surface area contributed by atoms with E-state index in [9.17, 15) is 0 Å². The predicted molar refractivity (Wildman–Crippen MR) is 59.2 cm³/mol. The second-order valence-electron chi connectivity index (χ2n) is 4.44. The summed E-state index contributed by atoms with van der Waals surface area (Å²) in [5.74, 6) is 1.52. The Morgan fingerprint density at radius 3 is 2.64 bits per heavy atom. The molecule has 2 rings (SSSR count). The molecule has 76 valence electrons. The van der Waals surface area contributed by atoms with E-state index in [2.05, 4.69) is 24.0 Å². The van der Waals surface area contributed by atoms with Crippen molar-refractivity contribution in [2.75, 3.05) is 0 Å². The lowest BCUT2D eigenvalue weighted by molar-refractivity contribution is 0.313. The van der Waals surface area contributed by atoms with E-state index >= 15 is 0 Å². The molecule has 14 heavy (non-hydrogen) atoms. The van der Waals surface area contributed by atoms with Gasteiger partial charge in [-0.3, -0.25) is 4.98 Å². The quantitative estimate of drug-likeness (QED) is 0.690. The van der Waals surface area contributed by atoms with Gasteiger partial charge in [-0.15, -0.1) is 0 Å². The summed E-state index contributed by atoms with van der Waals surface area (Å²) in [4.78, 5) is 4.45. The van der Waals surface area contributed by atoms with Crippen LogP contribution in [0.3, 0.4) is 0 Å². The number of pyridine rings is 1. The summed E-state index contributed by atoms with van der Waals surface area (Å²) in [5, 5.41) is 0. The molecule has 1 aliphatic carbocycles. The topological polar surface area (TPSA) is 12.9 Å². The summed E-state index contributed by atoms with van der Waals surface area (Å²) in [6, 6.07) is 6.26. The second-order valence-corrected chi connectivity index (χ2v) is 4.44. The molecule has 0 N–H and O–H groups in total. The fraction of sp³-hybridized carbons (Fsp3) is 0.615. The van der Waals surface area contributed by atoms with E-state index in [4.69, 9.17) is 0 Å². The molecule has 0 aromatic carbocycles. The van der Waals surface area contributed by atoms with E-state index in [0.29, 0.717) is 5.92 Å². The molecule has 0 saturated heterocycles. The van der Waals surface area contributed by atoms with Crippen molar-refractivity contribution in [3.05, 3.63) is 30.1 Å². The molecular formula is C13H19N. The van der Waals surface area contributed by atoms with Crippen molar-refractivity contribution in [3.63, 3.8) is 0 Å². The van der Waals surface area contributed by atoms with Gasteiger partial charge in [-0.05, 0) is 30.9 Å². The molecule has 1 aromatic rings. The molecule has 1 aliphatic rings. The van der Waals surface area contributed by atoms with Crippen molar-refractivity contribution in [1.29, 1.82) is 0 Å². The van der Waals surface area contributed by atoms with E-state index in [1.165, 1.54) is 37.8 Å². The van der Waals surface area contributed by atoms with Crippen LogP contribution in [0.25, 0.3) is 0 Å². The Bertz CT molecular complexity index is 262. The van der Waals surface area contributed by atoms with E-state index in [-0.39, 0.29) is 0 Å². The number of hydrogen-bond donors (Lipinski definition) is 0. The maximum absolute atomic E-state index is 4.45. The molecule has 0 spiro atoms. The summed E-state index contributed by atoms with van der Waals surface area (Å²) in [5.41, 5.74) is 1.28. The second kappa shape index (κ2) is 4.59. The Morgan fingerprint density at radius 1 is 1.21 bits per heavy atom. The van der Waals surface area contributed by atoms with Crippen molar-refractivity contribution in [3.8, 4) is 0 Å². The smallest absolute Gasteiger partial charge is 0.0434 e. The Hall–Kier alpha value is -0.850. The fourth-order valence-corrected chi connectivity index (χ4v) is 2.52. The molecule has 1 heterocycles. The number of rotatable bonds is 2. The first kappa shape index (κ1) is 9.70. The third-order valence-corrected chi connectivity index (χ3v) is 3.51. The first-order valence-corrected chi connectivity index (χ1v) is 5.79. The first-order valence-electron chi connectivity index (χ1n) is 5.79. The Kier molecular flexibility index (Phi) is 3.18. The lowest BCUT2D eigenvalue weighted by Crippen LogP contribution is -2.14. The largest absolute Gasteiger partial charge is 0.261 e. The fourth-order valence-electron chi connectivity index (χ4n) is 2.52. The van der Waals surface area contributed by atoms with Crippen LogP contribution < -0.4 is 0 Å². The third-order valence-electron chi connectivity index (χ3n) is 3.51. The minimum atomic E-state index is 0.650. The number of nitrogens with zero attached hydrogens (tertiary/aromatic N) is 1. The summed E-state index contributed by atoms with van der Waals surface area (Å²) >= 11 is 0. The van der Waals surface area contributed by atoms with Gasteiger partial charge in [-0.2, -0.15) is 0 Å². The zero-order valence-corrected chi connectivity index (χ0v) is 8.95. The van der Waals surface area contributed by atoms with Crippen molar-refractivity contribution in [2.45, 2.75) is 44.9 Å². The molecule has 1 atom stereocenters. The molecule has 1 unspecified atom stereocenters. The van der Waals surface area contributed by atoms with Crippen molar-refractivity contribution in [2.24, 2.45) is 5.92 Å². The van der Waals surface area contributed by atoms with Crippen LogP contribution in [0.15, 0.2) is 24.4 Å². The van der Waals surface area contributed by atoms with Gasteiger partial charge in [0.15, 0.2) is 0 Å². The predicted octanol–water partition coefficient (Wildman–Crippen LogP) is 3.77. The van der Waals surface area contributed by atoms with Gasteiger partial charge in [0.1, 0.15) is 0 Å². The lowest BCUT2D eigenvalue weighted by atomic mass is 9.79. The average molecular weight is 189 g/mol. The van der Waals surface area contributed by atoms with Gasteiger partial charge in [0.05, 0.1) is 0 Å². The van der Waals surface area contributed by atoms with Crippen molar-refractivity contribution in [1.82, 2.24) is 4.98 Å². The molecule has 0 amide bonds. The van der Waals surface area contributed by atoms with E-state index < -0.39 is 0 Å². The highest BCUT2D eigenvalue weighted by molar-refractivity contribution is 5.09. The number of aromatic nitrogens is 1. The van der Waals surface area contributed by atoms with Crippen LogP contribution in [-0.4, -0.2) is 4.98 Å². The van der Waals surface area contributed by atoms with Crippen LogP contribution >= 0.6 is 0 Å². The zero-order chi connectivity index (χ0) is 9.80. The van der Waals surface area contributed by atoms with Gasteiger partial charge in [-0.1, -0.05) is 32.3 Å². The summed E-state index contributed by atoms with van der Waals surface area (Å²) < 4.78 is 0.